The summed E-state index contributed by atoms with van der Waals surface area (Å²) in [5.74, 6) is 0.306. The van der Waals surface area contributed by atoms with E-state index in [0.29, 0.717) is 23.9 Å². The van der Waals surface area contributed by atoms with Crippen molar-refractivity contribution in [3.63, 3.8) is 0 Å². The molecule has 2 rings (SSSR count). The van der Waals surface area contributed by atoms with E-state index in [1.165, 1.54) is 18.7 Å². The van der Waals surface area contributed by atoms with E-state index in [4.69, 9.17) is 4.74 Å². The molecule has 0 saturated heterocycles. The first kappa shape index (κ1) is 14.6. The van der Waals surface area contributed by atoms with Crippen LogP contribution in [0.25, 0.3) is 0 Å². The van der Waals surface area contributed by atoms with Gasteiger partial charge in [-0.05, 0) is 31.2 Å². The van der Waals surface area contributed by atoms with Crippen molar-refractivity contribution in [3.8, 4) is 5.75 Å². The second kappa shape index (κ2) is 6.57. The number of rotatable bonds is 6. The van der Waals surface area contributed by atoms with E-state index in [9.17, 15) is 4.39 Å². The molecule has 0 bridgehead atoms. The zero-order valence-corrected chi connectivity index (χ0v) is 12.2. The van der Waals surface area contributed by atoms with Crippen LogP contribution in [0.5, 0.6) is 5.75 Å². The lowest BCUT2D eigenvalue weighted by Crippen LogP contribution is -2.14. The molecule has 0 saturated carbocycles. The van der Waals surface area contributed by atoms with Crippen molar-refractivity contribution >= 4 is 0 Å². The van der Waals surface area contributed by atoms with E-state index in [0.717, 1.165) is 6.42 Å². The molecule has 1 aromatic heterocycles. The molecule has 1 N–H and O–H groups in total. The van der Waals surface area contributed by atoms with Crippen LogP contribution < -0.4 is 10.1 Å². The van der Waals surface area contributed by atoms with Crippen LogP contribution >= 0.6 is 0 Å². The molecule has 0 aliphatic heterocycles. The number of ether oxygens (including phenoxy) is 1. The average molecular weight is 276 g/mol. The highest BCUT2D eigenvalue weighted by atomic mass is 19.1. The quantitative estimate of drug-likeness (QED) is 0.875. The fraction of sp³-hybridized carbons (Fsp3) is 0.375. The molecule has 108 valence electrons. The van der Waals surface area contributed by atoms with Crippen molar-refractivity contribution in [3.05, 3.63) is 53.6 Å². The number of hydrogen-bond donors (Lipinski definition) is 1. The van der Waals surface area contributed by atoms with Crippen molar-refractivity contribution in [2.75, 3.05) is 14.2 Å². The van der Waals surface area contributed by atoms with Crippen LogP contribution in [0.2, 0.25) is 0 Å². The second-order valence-corrected chi connectivity index (χ2v) is 4.82. The van der Waals surface area contributed by atoms with E-state index >= 15 is 0 Å². The predicted octanol–water partition coefficient (Wildman–Crippen LogP) is 3.35. The fourth-order valence-corrected chi connectivity index (χ4v) is 2.35. The van der Waals surface area contributed by atoms with Crippen LogP contribution in [-0.4, -0.2) is 18.7 Å². The molecule has 3 nitrogen and oxygen atoms in total. The summed E-state index contributed by atoms with van der Waals surface area (Å²) in [7, 11) is 3.49. The maximum atomic E-state index is 13.9. The van der Waals surface area contributed by atoms with Crippen molar-refractivity contribution in [2.45, 2.75) is 25.9 Å². The summed E-state index contributed by atoms with van der Waals surface area (Å²) in [6.07, 6.45) is 5.07. The second-order valence-electron chi connectivity index (χ2n) is 4.82. The molecular formula is C16H21FN2O. The number of hydrogen-bond acceptors (Lipinski definition) is 2. The molecule has 2 aromatic rings. The normalized spacial score (nSPS) is 12.4. The predicted molar refractivity (Wildman–Crippen MR) is 78.6 cm³/mol. The highest BCUT2D eigenvalue weighted by Gasteiger charge is 2.09. The first-order valence-corrected chi connectivity index (χ1v) is 6.83. The van der Waals surface area contributed by atoms with E-state index in [1.54, 1.807) is 12.1 Å². The van der Waals surface area contributed by atoms with Gasteiger partial charge >= 0.3 is 0 Å². The first-order chi connectivity index (χ1) is 9.67. The van der Waals surface area contributed by atoms with Crippen molar-refractivity contribution < 1.29 is 9.13 Å². The third kappa shape index (κ3) is 3.20. The molecule has 0 aliphatic carbocycles. The van der Waals surface area contributed by atoms with E-state index in [2.05, 4.69) is 24.5 Å². The Labute approximate surface area is 119 Å². The van der Waals surface area contributed by atoms with Gasteiger partial charge in [0.1, 0.15) is 11.6 Å². The zero-order valence-electron chi connectivity index (χ0n) is 12.2. The highest BCUT2D eigenvalue weighted by Crippen LogP contribution is 2.20. The lowest BCUT2D eigenvalue weighted by Gasteiger charge is -2.11. The van der Waals surface area contributed by atoms with Crippen LogP contribution in [0.4, 0.5) is 4.39 Å². The van der Waals surface area contributed by atoms with Gasteiger partial charge in [0.25, 0.3) is 0 Å². The number of nitrogens with one attached hydrogen (secondary N) is 1. The minimum Gasteiger partial charge on any atom is -0.497 e. The molecule has 1 atom stereocenters. The summed E-state index contributed by atoms with van der Waals surface area (Å²) in [5, 5.41) is 3.27. The van der Waals surface area contributed by atoms with Gasteiger partial charge in [-0.1, -0.05) is 13.0 Å². The Kier molecular flexibility index (Phi) is 4.79. The molecular weight excluding hydrogens is 255 g/mol. The van der Waals surface area contributed by atoms with Crippen LogP contribution in [-0.2, 0) is 6.54 Å². The van der Waals surface area contributed by atoms with E-state index < -0.39 is 0 Å². The van der Waals surface area contributed by atoms with Gasteiger partial charge < -0.3 is 14.6 Å². The van der Waals surface area contributed by atoms with Crippen LogP contribution in [0, 0.1) is 5.82 Å². The Balaban J connectivity index is 2.14. The van der Waals surface area contributed by atoms with Gasteiger partial charge in [-0.15, -0.1) is 0 Å². The maximum Gasteiger partial charge on any atom is 0.131 e. The summed E-state index contributed by atoms with van der Waals surface area (Å²) in [5.41, 5.74) is 1.88. The largest absolute Gasteiger partial charge is 0.497 e. The van der Waals surface area contributed by atoms with Crippen molar-refractivity contribution in [2.24, 2.45) is 0 Å². The maximum absolute atomic E-state index is 13.9. The van der Waals surface area contributed by atoms with Gasteiger partial charge in [0, 0.05) is 36.6 Å². The lowest BCUT2D eigenvalue weighted by atomic mass is 10.1. The fourth-order valence-electron chi connectivity index (χ4n) is 2.35. The Morgan fingerprint density at radius 2 is 2.15 bits per heavy atom. The van der Waals surface area contributed by atoms with Crippen LogP contribution in [0.3, 0.4) is 0 Å². The summed E-state index contributed by atoms with van der Waals surface area (Å²) in [6.45, 7) is 2.66. The topological polar surface area (TPSA) is 26.2 Å². The van der Waals surface area contributed by atoms with Gasteiger partial charge in [0.2, 0.25) is 0 Å². The Morgan fingerprint density at radius 1 is 1.35 bits per heavy atom. The minimum atomic E-state index is -0.236. The summed E-state index contributed by atoms with van der Waals surface area (Å²) < 4.78 is 20.9. The van der Waals surface area contributed by atoms with Crippen LogP contribution in [0.15, 0.2) is 36.7 Å². The molecule has 4 heteroatoms. The molecule has 0 radical (unpaired) electrons. The Morgan fingerprint density at radius 3 is 2.75 bits per heavy atom. The smallest absolute Gasteiger partial charge is 0.131 e. The molecule has 0 amide bonds. The van der Waals surface area contributed by atoms with Gasteiger partial charge in [-0.25, -0.2) is 4.39 Å². The standard InChI is InChI=1S/C16H21FN2O/c1-4-16(18-2)13-7-8-19(11-13)10-12-5-6-14(20-3)9-15(12)17/h5-9,11,16,18H,4,10H2,1-3H3. The van der Waals surface area contributed by atoms with Crippen molar-refractivity contribution in [1.29, 1.82) is 0 Å². The average Bonchev–Trinajstić information content (AvgIpc) is 2.91. The molecule has 1 aromatic carbocycles. The molecule has 20 heavy (non-hydrogen) atoms. The molecule has 0 spiro atoms. The lowest BCUT2D eigenvalue weighted by molar-refractivity contribution is 0.410. The number of nitrogens with zero attached hydrogens (tertiary/aromatic N) is 1. The van der Waals surface area contributed by atoms with Gasteiger partial charge in [0.05, 0.1) is 7.11 Å². The zero-order chi connectivity index (χ0) is 14.5. The number of aromatic nitrogens is 1. The molecule has 0 fully saturated rings. The summed E-state index contributed by atoms with van der Waals surface area (Å²) in [6, 6.07) is 7.39. The minimum absolute atomic E-state index is 0.236. The third-order valence-corrected chi connectivity index (χ3v) is 3.55. The number of methoxy groups -OCH3 is 1. The molecule has 1 heterocycles. The van der Waals surface area contributed by atoms with Gasteiger partial charge in [-0.2, -0.15) is 0 Å². The monoisotopic (exact) mass is 276 g/mol. The van der Waals surface area contributed by atoms with E-state index in [1.807, 2.05) is 17.8 Å². The Hall–Kier alpha value is -1.81. The third-order valence-electron chi connectivity index (χ3n) is 3.55. The number of benzene rings is 1. The SMILES string of the molecule is CCC(NC)c1ccn(Cc2ccc(OC)cc2F)c1. The summed E-state index contributed by atoms with van der Waals surface area (Å²) >= 11 is 0. The Bertz CT molecular complexity index is 561. The first-order valence-electron chi connectivity index (χ1n) is 6.83. The summed E-state index contributed by atoms with van der Waals surface area (Å²) in [4.78, 5) is 0. The highest BCUT2D eigenvalue weighted by molar-refractivity contribution is 5.29. The van der Waals surface area contributed by atoms with Crippen molar-refractivity contribution in [1.82, 2.24) is 9.88 Å². The van der Waals surface area contributed by atoms with Gasteiger partial charge in [-0.3, -0.25) is 0 Å². The van der Waals surface area contributed by atoms with E-state index in [-0.39, 0.29) is 5.82 Å². The van der Waals surface area contributed by atoms with Gasteiger partial charge in [0.15, 0.2) is 0 Å². The number of halogens is 1. The van der Waals surface area contributed by atoms with Crippen LogP contribution in [0.1, 0.15) is 30.5 Å². The molecule has 1 unspecified atom stereocenters. The molecule has 0 aliphatic rings.